The van der Waals surface area contributed by atoms with Gasteiger partial charge in [-0.05, 0) is 54.8 Å². The Balaban J connectivity index is 1.59. The van der Waals surface area contributed by atoms with Gasteiger partial charge in [0.15, 0.2) is 0 Å². The maximum Gasteiger partial charge on any atom is 0.268 e. The summed E-state index contributed by atoms with van der Waals surface area (Å²) in [6.07, 6.45) is 3.69. The van der Waals surface area contributed by atoms with Crippen LogP contribution in [-0.2, 0) is 16.6 Å². The van der Waals surface area contributed by atoms with Gasteiger partial charge in [0, 0.05) is 49.2 Å². The molecule has 31 heavy (non-hydrogen) atoms. The number of nitrogens with zero attached hydrogens (tertiary/aromatic N) is 2. The average molecular weight is 441 g/mol. The van der Waals surface area contributed by atoms with E-state index in [-0.39, 0.29) is 22.7 Å². The van der Waals surface area contributed by atoms with Gasteiger partial charge < -0.3 is 16.0 Å². The van der Waals surface area contributed by atoms with Crippen molar-refractivity contribution in [3.8, 4) is 11.3 Å². The Morgan fingerprint density at radius 2 is 1.77 bits per heavy atom. The van der Waals surface area contributed by atoms with E-state index in [1.54, 1.807) is 42.5 Å². The molecule has 5 rings (SSSR count). The number of aromatic nitrogens is 1. The summed E-state index contributed by atoms with van der Waals surface area (Å²) in [5.74, 6) is -0.480. The Morgan fingerprint density at radius 3 is 2.48 bits per heavy atom. The van der Waals surface area contributed by atoms with Crippen molar-refractivity contribution in [3.05, 3.63) is 72.2 Å². The number of nitrogens with two attached hydrogens (primary N) is 1. The van der Waals surface area contributed by atoms with Gasteiger partial charge in [0.25, 0.3) is 10.0 Å². The standard InChI is InChI=1S/C23H25FN4O2S/c24-22-7-2-1-6-21(22)23-10-16(12-25)15-27(23)31(29,30)20-5-3-4-17(11-20)28-18-8-9-19(28)14-26-13-18/h1-7,10-11,15,18-19,26H,8-9,12-14,25H2. The molecule has 0 amide bonds. The molecule has 162 valence electrons. The van der Waals surface area contributed by atoms with E-state index in [0.29, 0.717) is 17.6 Å². The van der Waals surface area contributed by atoms with Gasteiger partial charge >= 0.3 is 0 Å². The first kappa shape index (κ1) is 20.2. The van der Waals surface area contributed by atoms with Gasteiger partial charge in [-0.3, -0.25) is 0 Å². The minimum absolute atomic E-state index is 0.161. The lowest BCUT2D eigenvalue weighted by atomic mass is 10.1. The number of halogens is 1. The van der Waals surface area contributed by atoms with Crippen LogP contribution in [0.5, 0.6) is 0 Å². The van der Waals surface area contributed by atoms with Crippen LogP contribution in [0.15, 0.2) is 65.7 Å². The molecule has 2 unspecified atom stereocenters. The number of anilines is 1. The lowest BCUT2D eigenvalue weighted by molar-refractivity contribution is 0.484. The quantitative estimate of drug-likeness (QED) is 0.638. The van der Waals surface area contributed by atoms with Gasteiger partial charge in [0.05, 0.1) is 10.6 Å². The molecule has 2 fully saturated rings. The molecule has 2 bridgehead atoms. The highest BCUT2D eigenvalue weighted by Gasteiger charge is 2.37. The van der Waals surface area contributed by atoms with E-state index >= 15 is 0 Å². The molecule has 2 atom stereocenters. The SMILES string of the molecule is NCc1cc(-c2ccccc2F)n(S(=O)(=O)c2cccc(N3C4CCC3CNC4)c2)c1. The Bertz CT molecular complexity index is 1210. The van der Waals surface area contributed by atoms with E-state index in [1.165, 1.54) is 12.3 Å². The fourth-order valence-corrected chi connectivity index (χ4v) is 6.22. The minimum atomic E-state index is -3.95. The molecule has 0 saturated carbocycles. The normalized spacial score (nSPS) is 20.9. The summed E-state index contributed by atoms with van der Waals surface area (Å²) in [5, 5.41) is 3.45. The summed E-state index contributed by atoms with van der Waals surface area (Å²) in [6.45, 7) is 1.97. The molecule has 8 heteroatoms. The van der Waals surface area contributed by atoms with Gasteiger partial charge in [0.2, 0.25) is 0 Å². The number of nitrogens with one attached hydrogen (secondary N) is 1. The molecule has 2 aromatic carbocycles. The van der Waals surface area contributed by atoms with Crippen LogP contribution in [0.2, 0.25) is 0 Å². The molecule has 2 aliphatic rings. The van der Waals surface area contributed by atoms with Crippen LogP contribution in [0.3, 0.4) is 0 Å². The fourth-order valence-electron chi connectivity index (χ4n) is 4.79. The van der Waals surface area contributed by atoms with E-state index in [9.17, 15) is 12.8 Å². The van der Waals surface area contributed by atoms with Crippen LogP contribution in [0.4, 0.5) is 10.1 Å². The first-order chi connectivity index (χ1) is 15.0. The highest BCUT2D eigenvalue weighted by molar-refractivity contribution is 7.90. The van der Waals surface area contributed by atoms with E-state index in [1.807, 2.05) is 6.07 Å². The third kappa shape index (κ3) is 3.44. The van der Waals surface area contributed by atoms with Gasteiger partial charge in [-0.2, -0.15) is 0 Å². The average Bonchev–Trinajstić information content (AvgIpc) is 3.33. The van der Waals surface area contributed by atoms with Crippen LogP contribution in [0, 0.1) is 5.82 Å². The Morgan fingerprint density at radius 1 is 1.03 bits per heavy atom. The number of hydrogen-bond donors (Lipinski definition) is 2. The molecule has 3 aromatic rings. The van der Waals surface area contributed by atoms with Crippen molar-refractivity contribution in [1.29, 1.82) is 0 Å². The topological polar surface area (TPSA) is 80.4 Å². The largest absolute Gasteiger partial charge is 0.363 e. The van der Waals surface area contributed by atoms with E-state index < -0.39 is 15.8 Å². The van der Waals surface area contributed by atoms with Crippen LogP contribution >= 0.6 is 0 Å². The summed E-state index contributed by atoms with van der Waals surface area (Å²) in [6, 6.07) is 15.6. The van der Waals surface area contributed by atoms with Crippen molar-refractivity contribution < 1.29 is 12.8 Å². The summed E-state index contributed by atoms with van der Waals surface area (Å²) < 4.78 is 43.0. The maximum absolute atomic E-state index is 14.5. The Hall–Kier alpha value is -2.68. The molecule has 0 spiro atoms. The predicted molar refractivity (Wildman–Crippen MR) is 119 cm³/mol. The monoisotopic (exact) mass is 440 g/mol. The van der Waals surface area contributed by atoms with Gasteiger partial charge in [-0.25, -0.2) is 16.8 Å². The van der Waals surface area contributed by atoms with Crippen LogP contribution < -0.4 is 16.0 Å². The van der Waals surface area contributed by atoms with Crippen LogP contribution in [-0.4, -0.2) is 37.6 Å². The maximum atomic E-state index is 14.5. The molecule has 0 aliphatic carbocycles. The zero-order valence-electron chi connectivity index (χ0n) is 17.0. The lowest BCUT2D eigenvalue weighted by Crippen LogP contribution is -2.52. The highest BCUT2D eigenvalue weighted by atomic mass is 32.2. The molecule has 0 radical (unpaired) electrons. The zero-order chi connectivity index (χ0) is 21.6. The smallest absolute Gasteiger partial charge is 0.268 e. The lowest BCUT2D eigenvalue weighted by Gasteiger charge is -2.37. The molecule has 6 nitrogen and oxygen atoms in total. The Kier molecular flexibility index (Phi) is 5.08. The van der Waals surface area contributed by atoms with Crippen molar-refractivity contribution in [1.82, 2.24) is 9.29 Å². The van der Waals surface area contributed by atoms with Crippen molar-refractivity contribution in [3.63, 3.8) is 0 Å². The second kappa shape index (κ2) is 7.78. The fraction of sp³-hybridized carbons (Fsp3) is 0.304. The second-order valence-electron chi connectivity index (χ2n) is 8.17. The first-order valence-electron chi connectivity index (χ1n) is 10.5. The van der Waals surface area contributed by atoms with Crippen LogP contribution in [0.25, 0.3) is 11.3 Å². The van der Waals surface area contributed by atoms with Crippen molar-refractivity contribution in [2.75, 3.05) is 18.0 Å². The number of fused-ring (bicyclic) bond motifs is 2. The third-order valence-corrected chi connectivity index (χ3v) is 7.95. The van der Waals surface area contributed by atoms with Crippen LogP contribution in [0.1, 0.15) is 18.4 Å². The summed E-state index contributed by atoms with van der Waals surface area (Å²) in [4.78, 5) is 2.52. The predicted octanol–water partition coefficient (Wildman–Crippen LogP) is 2.93. The molecule has 1 aromatic heterocycles. The van der Waals surface area contributed by atoms with Crippen molar-refractivity contribution in [2.45, 2.75) is 36.4 Å². The summed E-state index contributed by atoms with van der Waals surface area (Å²) in [5.41, 5.74) is 7.80. The second-order valence-corrected chi connectivity index (χ2v) is 9.98. The number of piperazine rings is 1. The van der Waals surface area contributed by atoms with Crippen molar-refractivity contribution >= 4 is 15.7 Å². The first-order valence-corrected chi connectivity index (χ1v) is 11.9. The molecule has 3 N–H and O–H groups in total. The Labute approximate surface area is 181 Å². The van der Waals surface area contributed by atoms with Gasteiger partial charge in [-0.15, -0.1) is 0 Å². The van der Waals surface area contributed by atoms with E-state index in [0.717, 1.165) is 35.6 Å². The molecule has 2 saturated heterocycles. The molecular formula is C23H25FN4O2S. The van der Waals surface area contributed by atoms with E-state index in [4.69, 9.17) is 5.73 Å². The minimum Gasteiger partial charge on any atom is -0.363 e. The summed E-state index contributed by atoms with van der Waals surface area (Å²) in [7, 11) is -3.95. The highest BCUT2D eigenvalue weighted by Crippen LogP contribution is 2.35. The number of benzene rings is 2. The molecule has 2 aliphatic heterocycles. The number of hydrogen-bond acceptors (Lipinski definition) is 5. The molecular weight excluding hydrogens is 415 g/mol. The third-order valence-electron chi connectivity index (χ3n) is 6.28. The van der Waals surface area contributed by atoms with Gasteiger partial charge in [0.1, 0.15) is 5.82 Å². The zero-order valence-corrected chi connectivity index (χ0v) is 17.9. The van der Waals surface area contributed by atoms with Crippen molar-refractivity contribution in [2.24, 2.45) is 5.73 Å². The van der Waals surface area contributed by atoms with Gasteiger partial charge in [-0.1, -0.05) is 18.2 Å². The molecule has 3 heterocycles. The number of rotatable bonds is 5. The summed E-state index contributed by atoms with van der Waals surface area (Å²) >= 11 is 0. The van der Waals surface area contributed by atoms with E-state index in [2.05, 4.69) is 10.2 Å².